The van der Waals surface area contributed by atoms with E-state index in [1.165, 1.54) is 13.4 Å². The van der Waals surface area contributed by atoms with Crippen molar-refractivity contribution < 1.29 is 4.74 Å². The fraction of sp³-hybridized carbons (Fsp3) is 0.333. The number of nitrogens with one attached hydrogen (secondary N) is 1. The van der Waals surface area contributed by atoms with Crippen molar-refractivity contribution in [3.8, 4) is 5.75 Å². The molecule has 0 fully saturated rings. The monoisotopic (exact) mass is 288 g/mol. The third-order valence-corrected chi connectivity index (χ3v) is 3.15. The van der Waals surface area contributed by atoms with E-state index in [0.717, 1.165) is 17.7 Å². The van der Waals surface area contributed by atoms with Gasteiger partial charge >= 0.3 is 0 Å². The summed E-state index contributed by atoms with van der Waals surface area (Å²) in [5, 5.41) is 0. The summed E-state index contributed by atoms with van der Waals surface area (Å²) in [6.45, 7) is 3.24. The summed E-state index contributed by atoms with van der Waals surface area (Å²) < 4.78 is 5.21. The van der Waals surface area contributed by atoms with Crippen LogP contribution in [0.3, 0.4) is 0 Å². The molecule has 1 aromatic heterocycles. The fourth-order valence-electron chi connectivity index (χ4n) is 2.16. The number of aromatic amines is 1. The van der Waals surface area contributed by atoms with Crippen LogP contribution in [0.5, 0.6) is 5.75 Å². The van der Waals surface area contributed by atoms with Crippen LogP contribution in [0.4, 0.5) is 11.5 Å². The molecule has 0 aliphatic heterocycles. The molecule has 0 aliphatic rings. The van der Waals surface area contributed by atoms with Gasteiger partial charge in [-0.2, -0.15) is 0 Å². The van der Waals surface area contributed by atoms with E-state index in [2.05, 4.69) is 9.97 Å². The first-order chi connectivity index (χ1) is 10.2. The second kappa shape index (κ2) is 6.90. The summed E-state index contributed by atoms with van der Waals surface area (Å²) in [4.78, 5) is 20.6. The van der Waals surface area contributed by atoms with E-state index in [4.69, 9.17) is 10.5 Å². The molecule has 3 N–H and O–H groups in total. The molecule has 0 bridgehead atoms. The number of aromatic nitrogens is 2. The summed E-state index contributed by atoms with van der Waals surface area (Å²) in [5.74, 6) is 0.705. The van der Waals surface area contributed by atoms with Crippen molar-refractivity contribution in [3.63, 3.8) is 0 Å². The molecule has 0 saturated carbocycles. The van der Waals surface area contributed by atoms with Crippen LogP contribution in [-0.2, 0) is 0 Å². The lowest BCUT2D eigenvalue weighted by atomic mass is 10.2. The van der Waals surface area contributed by atoms with Crippen molar-refractivity contribution in [3.05, 3.63) is 46.5 Å². The van der Waals surface area contributed by atoms with E-state index in [0.29, 0.717) is 18.9 Å². The molecule has 2 aromatic rings. The van der Waals surface area contributed by atoms with Crippen LogP contribution < -0.4 is 20.9 Å². The normalized spacial score (nSPS) is 10.4. The standard InChI is InChI=1S/C15H20N4O2/c1-11-5-3-6-12(9-11)19(8-4-7-16)14-13(21-2)15(20)18-10-17-14/h3,5-6,9-10H,4,7-8,16H2,1-2H3,(H,17,18,20). The molecular formula is C15H20N4O2. The van der Waals surface area contributed by atoms with E-state index in [1.54, 1.807) is 0 Å². The molecule has 0 spiro atoms. The molecule has 0 radical (unpaired) electrons. The molecule has 0 aliphatic carbocycles. The fourth-order valence-corrected chi connectivity index (χ4v) is 2.16. The first-order valence-electron chi connectivity index (χ1n) is 6.83. The maximum atomic E-state index is 11.9. The zero-order valence-electron chi connectivity index (χ0n) is 12.3. The highest BCUT2D eigenvalue weighted by molar-refractivity contribution is 5.65. The topological polar surface area (TPSA) is 84.2 Å². The second-order valence-corrected chi connectivity index (χ2v) is 4.72. The van der Waals surface area contributed by atoms with Gasteiger partial charge in [-0.15, -0.1) is 0 Å². The molecule has 6 heteroatoms. The summed E-state index contributed by atoms with van der Waals surface area (Å²) >= 11 is 0. The quantitative estimate of drug-likeness (QED) is 0.843. The number of nitrogens with zero attached hydrogens (tertiary/aromatic N) is 2. The van der Waals surface area contributed by atoms with Crippen molar-refractivity contribution in [1.82, 2.24) is 9.97 Å². The van der Waals surface area contributed by atoms with Gasteiger partial charge in [0.15, 0.2) is 5.82 Å². The molecular weight excluding hydrogens is 268 g/mol. The molecule has 1 heterocycles. The van der Waals surface area contributed by atoms with Gasteiger partial charge in [0.05, 0.1) is 13.4 Å². The summed E-state index contributed by atoms with van der Waals surface area (Å²) in [6.07, 6.45) is 2.16. The van der Waals surface area contributed by atoms with Gasteiger partial charge in [-0.3, -0.25) is 4.79 Å². The lowest BCUT2D eigenvalue weighted by Gasteiger charge is -2.25. The maximum absolute atomic E-state index is 11.9. The number of ether oxygens (including phenoxy) is 1. The average molecular weight is 288 g/mol. The molecule has 1 aromatic carbocycles. The Hall–Kier alpha value is -2.34. The van der Waals surface area contributed by atoms with Gasteiger partial charge in [-0.25, -0.2) is 4.98 Å². The Kier molecular flexibility index (Phi) is 4.94. The van der Waals surface area contributed by atoms with Gasteiger partial charge in [0, 0.05) is 12.2 Å². The molecule has 0 unspecified atom stereocenters. The number of hydrogen-bond acceptors (Lipinski definition) is 5. The van der Waals surface area contributed by atoms with Gasteiger partial charge in [0.1, 0.15) is 0 Å². The number of methoxy groups -OCH3 is 1. The largest absolute Gasteiger partial charge is 0.488 e. The minimum Gasteiger partial charge on any atom is -0.488 e. The van der Waals surface area contributed by atoms with Crippen molar-refractivity contribution in [1.29, 1.82) is 0 Å². The average Bonchev–Trinajstić information content (AvgIpc) is 2.48. The van der Waals surface area contributed by atoms with Crippen molar-refractivity contribution in [2.24, 2.45) is 5.73 Å². The van der Waals surface area contributed by atoms with Gasteiger partial charge < -0.3 is 20.4 Å². The summed E-state index contributed by atoms with van der Waals surface area (Å²) in [7, 11) is 1.47. The Morgan fingerprint density at radius 2 is 2.24 bits per heavy atom. The van der Waals surface area contributed by atoms with Crippen LogP contribution in [0.25, 0.3) is 0 Å². The van der Waals surface area contributed by atoms with Crippen molar-refractivity contribution >= 4 is 11.5 Å². The van der Waals surface area contributed by atoms with Crippen LogP contribution in [0.2, 0.25) is 0 Å². The number of hydrogen-bond donors (Lipinski definition) is 2. The number of rotatable bonds is 6. The second-order valence-electron chi connectivity index (χ2n) is 4.72. The number of nitrogens with two attached hydrogens (primary N) is 1. The van der Waals surface area contributed by atoms with Gasteiger partial charge in [0.2, 0.25) is 5.75 Å². The van der Waals surface area contributed by atoms with E-state index in [-0.39, 0.29) is 11.3 Å². The van der Waals surface area contributed by atoms with Crippen LogP contribution in [0.15, 0.2) is 35.4 Å². The minimum atomic E-state index is -0.298. The van der Waals surface area contributed by atoms with Crippen LogP contribution >= 0.6 is 0 Å². The third kappa shape index (κ3) is 3.41. The lowest BCUT2D eigenvalue weighted by molar-refractivity contribution is 0.406. The number of benzene rings is 1. The molecule has 0 amide bonds. The lowest BCUT2D eigenvalue weighted by Crippen LogP contribution is -2.25. The van der Waals surface area contributed by atoms with Gasteiger partial charge in [0.25, 0.3) is 5.56 Å². The first-order valence-corrected chi connectivity index (χ1v) is 6.83. The van der Waals surface area contributed by atoms with Gasteiger partial charge in [-0.1, -0.05) is 12.1 Å². The smallest absolute Gasteiger partial charge is 0.295 e. The third-order valence-electron chi connectivity index (χ3n) is 3.15. The highest BCUT2D eigenvalue weighted by atomic mass is 16.5. The Bertz CT molecular complexity index is 654. The van der Waals surface area contributed by atoms with E-state index in [9.17, 15) is 4.79 Å². The molecule has 112 valence electrons. The highest BCUT2D eigenvalue weighted by Crippen LogP contribution is 2.29. The maximum Gasteiger partial charge on any atom is 0.295 e. The Morgan fingerprint density at radius 1 is 1.43 bits per heavy atom. The Morgan fingerprint density at radius 3 is 2.90 bits per heavy atom. The molecule has 6 nitrogen and oxygen atoms in total. The molecule has 2 rings (SSSR count). The van der Waals surface area contributed by atoms with Crippen LogP contribution in [0, 0.1) is 6.92 Å². The predicted octanol–water partition coefficient (Wildman–Crippen LogP) is 1.57. The minimum absolute atomic E-state index is 0.205. The number of anilines is 2. The molecule has 21 heavy (non-hydrogen) atoms. The zero-order chi connectivity index (χ0) is 15.2. The van der Waals surface area contributed by atoms with Crippen molar-refractivity contribution in [2.75, 3.05) is 25.1 Å². The van der Waals surface area contributed by atoms with Crippen molar-refractivity contribution in [2.45, 2.75) is 13.3 Å². The number of aryl methyl sites for hydroxylation is 1. The number of H-pyrrole nitrogens is 1. The summed E-state index contributed by atoms with van der Waals surface area (Å²) in [6, 6.07) is 8.01. The predicted molar refractivity (Wildman–Crippen MR) is 83.3 cm³/mol. The summed E-state index contributed by atoms with van der Waals surface area (Å²) in [5.41, 5.74) is 7.41. The van der Waals surface area contributed by atoms with Gasteiger partial charge in [-0.05, 0) is 37.6 Å². The molecule has 0 saturated heterocycles. The van der Waals surface area contributed by atoms with Crippen LogP contribution in [-0.4, -0.2) is 30.2 Å². The Balaban J connectivity index is 2.50. The SMILES string of the molecule is COc1c(N(CCCN)c2cccc(C)c2)nc[nH]c1=O. The first kappa shape index (κ1) is 15.1. The molecule has 0 atom stereocenters. The highest BCUT2D eigenvalue weighted by Gasteiger charge is 2.18. The van der Waals surface area contributed by atoms with E-state index < -0.39 is 0 Å². The zero-order valence-corrected chi connectivity index (χ0v) is 12.3. The van der Waals surface area contributed by atoms with Crippen LogP contribution in [0.1, 0.15) is 12.0 Å². The van der Waals surface area contributed by atoms with E-state index >= 15 is 0 Å². The Labute approximate surface area is 123 Å². The van der Waals surface area contributed by atoms with E-state index in [1.807, 2.05) is 36.1 Å².